The topological polar surface area (TPSA) is 59.2 Å². The molecule has 0 spiro atoms. The number of hydrogen-bond acceptors (Lipinski definition) is 4. The smallest absolute Gasteiger partial charge is 0.279 e. The van der Waals surface area contributed by atoms with Crippen molar-refractivity contribution in [2.75, 3.05) is 7.05 Å². The molecule has 0 saturated carbocycles. The quantitative estimate of drug-likeness (QED) is 0.357. The molecule has 4 nitrogen and oxygen atoms in total. The van der Waals surface area contributed by atoms with Crippen molar-refractivity contribution < 1.29 is 4.79 Å². The molecule has 1 aromatic heterocycles. The number of amides is 1. The second kappa shape index (κ2) is 2.76. The lowest BCUT2D eigenvalue weighted by atomic mass is 10.5. The Balaban J connectivity index is 2.78. The number of hydrogen-bond donors (Lipinski definition) is 1. The number of thiazole rings is 1. The molecule has 0 aromatic carbocycles. The predicted octanol–water partition coefficient (Wildman–Crippen LogP) is 0.0888. The zero-order chi connectivity index (χ0) is 7.56. The van der Waals surface area contributed by atoms with Crippen LogP contribution in [0.25, 0.3) is 0 Å². The van der Waals surface area contributed by atoms with Crippen LogP contribution in [0, 0.1) is 0 Å². The summed E-state index contributed by atoms with van der Waals surface area (Å²) in [5.41, 5.74) is 1.59. The van der Waals surface area contributed by atoms with Gasteiger partial charge in [0.15, 0.2) is 0 Å². The number of hydrazine groups is 1. The van der Waals surface area contributed by atoms with Gasteiger partial charge in [-0.3, -0.25) is 14.8 Å². The van der Waals surface area contributed by atoms with E-state index in [1.165, 1.54) is 24.6 Å². The summed E-state index contributed by atoms with van der Waals surface area (Å²) in [6, 6.07) is 0. The molecule has 2 N–H and O–H groups in total. The van der Waals surface area contributed by atoms with Crippen molar-refractivity contribution in [3.8, 4) is 0 Å². The predicted molar refractivity (Wildman–Crippen MR) is 38.4 cm³/mol. The summed E-state index contributed by atoms with van der Waals surface area (Å²) >= 11 is 1.28. The van der Waals surface area contributed by atoms with Crippen molar-refractivity contribution in [2.45, 2.75) is 0 Å². The molecule has 0 aliphatic rings. The maximum Gasteiger partial charge on any atom is 0.279 e. The lowest BCUT2D eigenvalue weighted by Gasteiger charge is -2.05. The molecule has 10 heavy (non-hydrogen) atoms. The SMILES string of the molecule is CN(N)C(=O)c1cncs1. The number of aromatic nitrogens is 1. The Kier molecular flexibility index (Phi) is 1.98. The second-order valence-electron chi connectivity index (χ2n) is 1.78. The average molecular weight is 157 g/mol. The third-order valence-corrected chi connectivity index (χ3v) is 1.72. The van der Waals surface area contributed by atoms with E-state index in [-0.39, 0.29) is 5.91 Å². The Hall–Kier alpha value is -0.940. The number of rotatable bonds is 1. The van der Waals surface area contributed by atoms with Gasteiger partial charge < -0.3 is 0 Å². The van der Waals surface area contributed by atoms with E-state index in [0.717, 1.165) is 5.01 Å². The summed E-state index contributed by atoms with van der Waals surface area (Å²) in [5.74, 6) is 4.98. The number of carbonyl (C=O) groups is 1. The first-order chi connectivity index (χ1) is 4.72. The minimum Gasteiger partial charge on any atom is -0.279 e. The van der Waals surface area contributed by atoms with Crippen LogP contribution in [0.1, 0.15) is 9.67 Å². The van der Waals surface area contributed by atoms with Crippen molar-refractivity contribution >= 4 is 17.2 Å². The fraction of sp³-hybridized carbons (Fsp3) is 0.200. The molecule has 0 saturated heterocycles. The van der Waals surface area contributed by atoms with Crippen LogP contribution < -0.4 is 5.84 Å². The minimum atomic E-state index is -0.206. The molecule has 1 rings (SSSR count). The molecule has 54 valence electrons. The van der Waals surface area contributed by atoms with Gasteiger partial charge in [-0.1, -0.05) is 0 Å². The van der Waals surface area contributed by atoms with Crippen LogP contribution in [0.2, 0.25) is 0 Å². The Bertz CT molecular complexity index is 219. The van der Waals surface area contributed by atoms with Gasteiger partial charge in [-0.05, 0) is 0 Å². The summed E-state index contributed by atoms with van der Waals surface area (Å²) in [6.07, 6.45) is 1.50. The molecule has 0 aliphatic heterocycles. The van der Waals surface area contributed by atoms with E-state index in [1.54, 1.807) is 5.51 Å². The van der Waals surface area contributed by atoms with Crippen molar-refractivity contribution in [1.82, 2.24) is 9.99 Å². The van der Waals surface area contributed by atoms with Crippen molar-refractivity contribution in [3.63, 3.8) is 0 Å². The summed E-state index contributed by atoms with van der Waals surface area (Å²) in [7, 11) is 1.50. The molecular formula is C5H7N3OS. The molecule has 0 radical (unpaired) electrons. The highest BCUT2D eigenvalue weighted by Gasteiger charge is 2.08. The Labute approximate surface area is 62.3 Å². The first-order valence-electron chi connectivity index (χ1n) is 2.63. The summed E-state index contributed by atoms with van der Waals surface area (Å²) in [6.45, 7) is 0. The number of nitrogens with two attached hydrogens (primary N) is 1. The molecule has 0 bridgehead atoms. The normalized spacial score (nSPS) is 9.40. The van der Waals surface area contributed by atoms with E-state index >= 15 is 0 Å². The van der Waals surface area contributed by atoms with Gasteiger partial charge in [0.2, 0.25) is 0 Å². The standard InChI is InChI=1S/C5H7N3OS/c1-8(6)5(9)4-2-7-3-10-4/h2-3H,6H2,1H3. The molecule has 0 aliphatic carbocycles. The summed E-state index contributed by atoms with van der Waals surface area (Å²) in [5, 5.41) is 1.04. The van der Waals surface area contributed by atoms with Crippen LogP contribution in [-0.2, 0) is 0 Å². The number of nitrogens with zero attached hydrogens (tertiary/aromatic N) is 2. The van der Waals surface area contributed by atoms with Crippen LogP contribution in [0.3, 0.4) is 0 Å². The molecule has 5 heteroatoms. The Morgan fingerprint density at radius 2 is 2.60 bits per heavy atom. The maximum absolute atomic E-state index is 11.0. The van der Waals surface area contributed by atoms with Crippen LogP contribution in [0.15, 0.2) is 11.7 Å². The van der Waals surface area contributed by atoms with Gasteiger partial charge in [0.05, 0.1) is 11.7 Å². The Morgan fingerprint density at radius 1 is 1.90 bits per heavy atom. The van der Waals surface area contributed by atoms with E-state index in [1.807, 2.05) is 0 Å². The summed E-state index contributed by atoms with van der Waals surface area (Å²) in [4.78, 5) is 15.3. The van der Waals surface area contributed by atoms with Crippen molar-refractivity contribution in [3.05, 3.63) is 16.6 Å². The van der Waals surface area contributed by atoms with E-state index in [0.29, 0.717) is 4.88 Å². The van der Waals surface area contributed by atoms with E-state index in [4.69, 9.17) is 5.84 Å². The van der Waals surface area contributed by atoms with E-state index in [9.17, 15) is 4.79 Å². The van der Waals surface area contributed by atoms with E-state index in [2.05, 4.69) is 4.98 Å². The van der Waals surface area contributed by atoms with Gasteiger partial charge in [0, 0.05) is 7.05 Å². The lowest BCUT2D eigenvalue weighted by Crippen LogP contribution is -2.32. The zero-order valence-electron chi connectivity index (χ0n) is 5.44. The van der Waals surface area contributed by atoms with Crippen LogP contribution >= 0.6 is 11.3 Å². The highest BCUT2D eigenvalue weighted by molar-refractivity contribution is 7.11. The van der Waals surface area contributed by atoms with Gasteiger partial charge in [-0.2, -0.15) is 0 Å². The third kappa shape index (κ3) is 1.31. The number of carbonyl (C=O) groups excluding carboxylic acids is 1. The molecule has 1 aromatic rings. The highest BCUT2D eigenvalue weighted by Crippen LogP contribution is 2.05. The van der Waals surface area contributed by atoms with Gasteiger partial charge in [-0.15, -0.1) is 11.3 Å². The molecule has 0 atom stereocenters. The van der Waals surface area contributed by atoms with Gasteiger partial charge >= 0.3 is 0 Å². The van der Waals surface area contributed by atoms with Crippen molar-refractivity contribution in [1.29, 1.82) is 0 Å². The minimum absolute atomic E-state index is 0.206. The van der Waals surface area contributed by atoms with E-state index < -0.39 is 0 Å². The van der Waals surface area contributed by atoms with Crippen LogP contribution in [0.5, 0.6) is 0 Å². The maximum atomic E-state index is 11.0. The monoisotopic (exact) mass is 157 g/mol. The lowest BCUT2D eigenvalue weighted by molar-refractivity contribution is 0.0799. The third-order valence-electron chi connectivity index (χ3n) is 0.963. The zero-order valence-corrected chi connectivity index (χ0v) is 6.26. The largest absolute Gasteiger partial charge is 0.279 e. The van der Waals surface area contributed by atoms with Crippen molar-refractivity contribution in [2.24, 2.45) is 5.84 Å². The van der Waals surface area contributed by atoms with Gasteiger partial charge in [0.1, 0.15) is 4.88 Å². The molecule has 0 fully saturated rings. The first-order valence-corrected chi connectivity index (χ1v) is 3.51. The Morgan fingerprint density at radius 3 is 3.00 bits per heavy atom. The second-order valence-corrected chi connectivity index (χ2v) is 2.67. The molecule has 1 amide bonds. The van der Waals surface area contributed by atoms with Crippen LogP contribution in [0.4, 0.5) is 0 Å². The highest BCUT2D eigenvalue weighted by atomic mass is 32.1. The summed E-state index contributed by atoms with van der Waals surface area (Å²) < 4.78 is 0. The van der Waals surface area contributed by atoms with Crippen LogP contribution in [-0.4, -0.2) is 22.9 Å². The van der Waals surface area contributed by atoms with Gasteiger partial charge in [0.25, 0.3) is 5.91 Å². The fourth-order valence-corrected chi connectivity index (χ4v) is 1.10. The fourth-order valence-electron chi connectivity index (χ4n) is 0.495. The van der Waals surface area contributed by atoms with Gasteiger partial charge in [-0.25, -0.2) is 5.84 Å². The average Bonchev–Trinajstić information content (AvgIpc) is 2.36. The molecular weight excluding hydrogens is 150 g/mol. The molecule has 1 heterocycles. The molecule has 0 unspecified atom stereocenters. The first kappa shape index (κ1) is 7.17.